The lowest BCUT2D eigenvalue weighted by Crippen LogP contribution is -2.14. The Morgan fingerprint density at radius 2 is 1.28 bits per heavy atom. The lowest BCUT2D eigenvalue weighted by molar-refractivity contribution is 0.387. The van der Waals surface area contributed by atoms with Gasteiger partial charge < -0.3 is 9.79 Å². The van der Waals surface area contributed by atoms with E-state index in [1.54, 1.807) is 18.2 Å². The molecule has 0 spiro atoms. The summed E-state index contributed by atoms with van der Waals surface area (Å²) >= 11 is 0. The van der Waals surface area contributed by atoms with Crippen molar-refractivity contribution in [2.24, 2.45) is 0 Å². The summed E-state index contributed by atoms with van der Waals surface area (Å²) in [6, 6.07) is 14.6. The van der Waals surface area contributed by atoms with E-state index in [0.29, 0.717) is 5.56 Å². The van der Waals surface area contributed by atoms with Gasteiger partial charge in [0.25, 0.3) is 0 Å². The van der Waals surface area contributed by atoms with Gasteiger partial charge in [0, 0.05) is 16.7 Å². The SMILES string of the molecule is Cc1ccc(-c2ccccc2F)c(-c2ccccc2F)c1P(=O)(O)O. The summed E-state index contributed by atoms with van der Waals surface area (Å²) in [4.78, 5) is 19.7. The van der Waals surface area contributed by atoms with Crippen LogP contribution in [0.2, 0.25) is 0 Å². The molecule has 0 aliphatic heterocycles. The van der Waals surface area contributed by atoms with Crippen molar-refractivity contribution in [3.63, 3.8) is 0 Å². The van der Waals surface area contributed by atoms with Gasteiger partial charge in [-0.15, -0.1) is 0 Å². The molecule has 128 valence electrons. The smallest absolute Gasteiger partial charge is 0.321 e. The zero-order valence-corrected chi connectivity index (χ0v) is 14.2. The molecule has 3 nitrogen and oxygen atoms in total. The summed E-state index contributed by atoms with van der Waals surface area (Å²) in [5.74, 6) is -1.19. The largest absolute Gasteiger partial charge is 0.357 e. The molecule has 0 atom stereocenters. The Morgan fingerprint density at radius 1 is 0.760 bits per heavy atom. The van der Waals surface area contributed by atoms with Crippen LogP contribution >= 0.6 is 7.60 Å². The normalized spacial score (nSPS) is 11.6. The number of hydrogen-bond acceptors (Lipinski definition) is 1. The lowest BCUT2D eigenvalue weighted by atomic mass is 9.92. The molecule has 3 rings (SSSR count). The van der Waals surface area contributed by atoms with Crippen LogP contribution in [0.4, 0.5) is 8.78 Å². The third kappa shape index (κ3) is 3.27. The first-order valence-corrected chi connectivity index (χ1v) is 9.11. The molecule has 3 aromatic carbocycles. The highest BCUT2D eigenvalue weighted by molar-refractivity contribution is 7.60. The van der Waals surface area contributed by atoms with Crippen molar-refractivity contribution in [2.75, 3.05) is 0 Å². The molecule has 0 aromatic heterocycles. The maximum Gasteiger partial charge on any atom is 0.357 e. The van der Waals surface area contributed by atoms with Crippen LogP contribution in [0.3, 0.4) is 0 Å². The van der Waals surface area contributed by atoms with Gasteiger partial charge >= 0.3 is 7.60 Å². The first-order valence-electron chi connectivity index (χ1n) is 7.50. The van der Waals surface area contributed by atoms with Crippen molar-refractivity contribution in [2.45, 2.75) is 6.92 Å². The van der Waals surface area contributed by atoms with E-state index in [9.17, 15) is 23.1 Å². The third-order valence-electron chi connectivity index (χ3n) is 3.98. The number of halogens is 2. The van der Waals surface area contributed by atoms with E-state index >= 15 is 0 Å². The Morgan fingerprint density at radius 3 is 1.80 bits per heavy atom. The quantitative estimate of drug-likeness (QED) is 0.680. The van der Waals surface area contributed by atoms with Gasteiger partial charge in [0.05, 0.1) is 5.30 Å². The summed E-state index contributed by atoms with van der Waals surface area (Å²) in [6.45, 7) is 1.53. The zero-order valence-electron chi connectivity index (χ0n) is 13.3. The molecule has 0 amide bonds. The number of rotatable bonds is 3. The molecular weight excluding hydrogens is 345 g/mol. The van der Waals surface area contributed by atoms with E-state index in [1.807, 2.05) is 0 Å². The van der Waals surface area contributed by atoms with Gasteiger partial charge in [0.2, 0.25) is 0 Å². The summed E-state index contributed by atoms with van der Waals surface area (Å²) in [5, 5.41) is -0.293. The molecule has 0 aliphatic rings. The van der Waals surface area contributed by atoms with Crippen molar-refractivity contribution < 1.29 is 23.1 Å². The third-order valence-corrected chi connectivity index (χ3v) is 5.14. The average Bonchev–Trinajstić information content (AvgIpc) is 2.55. The van der Waals surface area contributed by atoms with Gasteiger partial charge in [-0.2, -0.15) is 0 Å². The molecular formula is C19H15F2O3P. The fourth-order valence-corrected chi connectivity index (χ4v) is 3.98. The standard InChI is InChI=1S/C19H15F2O3P/c1-12-10-11-14(13-6-2-4-8-16(13)20)18(19(12)25(22,23)24)15-7-3-5-9-17(15)21/h2-11H,1H3,(H2,22,23,24). The second kappa shape index (κ2) is 6.52. The Hall–Kier alpha value is -2.33. The van der Waals surface area contributed by atoms with Crippen LogP contribution in [0.25, 0.3) is 22.3 Å². The monoisotopic (exact) mass is 360 g/mol. The van der Waals surface area contributed by atoms with E-state index in [-0.39, 0.29) is 27.6 Å². The van der Waals surface area contributed by atoms with Gasteiger partial charge in [-0.3, -0.25) is 4.57 Å². The fourth-order valence-electron chi connectivity index (χ4n) is 2.91. The highest BCUT2D eigenvalue weighted by Gasteiger charge is 2.29. The number of hydrogen-bond donors (Lipinski definition) is 2. The van der Waals surface area contributed by atoms with E-state index in [2.05, 4.69) is 0 Å². The zero-order chi connectivity index (χ0) is 18.2. The summed E-state index contributed by atoms with van der Waals surface area (Å²) in [6.07, 6.45) is 0. The van der Waals surface area contributed by atoms with Gasteiger partial charge in [-0.25, -0.2) is 8.78 Å². The van der Waals surface area contributed by atoms with Crippen LogP contribution < -0.4 is 5.30 Å². The van der Waals surface area contributed by atoms with Crippen molar-refractivity contribution in [1.29, 1.82) is 0 Å². The van der Waals surface area contributed by atoms with Gasteiger partial charge in [0.15, 0.2) is 0 Å². The van der Waals surface area contributed by atoms with Crippen LogP contribution in [0.15, 0.2) is 60.7 Å². The van der Waals surface area contributed by atoms with E-state index in [4.69, 9.17) is 0 Å². The van der Waals surface area contributed by atoms with Crippen LogP contribution in [0, 0.1) is 18.6 Å². The maximum atomic E-state index is 14.4. The molecule has 0 radical (unpaired) electrons. The Bertz CT molecular complexity index is 996. The molecule has 0 heterocycles. The molecule has 0 bridgehead atoms. The van der Waals surface area contributed by atoms with E-state index in [1.165, 1.54) is 49.4 Å². The van der Waals surface area contributed by atoms with Gasteiger partial charge in [0.1, 0.15) is 11.6 Å². The van der Waals surface area contributed by atoms with E-state index < -0.39 is 19.2 Å². The predicted octanol–water partition coefficient (Wildman–Crippen LogP) is 4.41. The van der Waals surface area contributed by atoms with E-state index in [0.717, 1.165) is 0 Å². The first-order chi connectivity index (χ1) is 11.8. The van der Waals surface area contributed by atoms with Crippen LogP contribution in [0.1, 0.15) is 5.56 Å². The van der Waals surface area contributed by atoms with Crippen LogP contribution in [0.5, 0.6) is 0 Å². The van der Waals surface area contributed by atoms with Crippen LogP contribution in [-0.4, -0.2) is 9.79 Å². The Kier molecular flexibility index (Phi) is 4.56. The summed E-state index contributed by atoms with van der Waals surface area (Å²) in [7, 11) is -4.73. The summed E-state index contributed by atoms with van der Waals surface area (Å²) < 4.78 is 40.8. The van der Waals surface area contributed by atoms with Crippen molar-refractivity contribution in [3.05, 3.63) is 77.9 Å². The topological polar surface area (TPSA) is 57.5 Å². The summed E-state index contributed by atoms with van der Waals surface area (Å²) in [5.41, 5.74) is 0.716. The highest BCUT2D eigenvalue weighted by Crippen LogP contribution is 2.44. The second-order valence-corrected chi connectivity index (χ2v) is 7.19. The molecule has 0 fully saturated rings. The minimum absolute atomic E-state index is 0.0107. The first kappa shape index (κ1) is 17.5. The molecule has 0 saturated carbocycles. The van der Waals surface area contributed by atoms with Gasteiger partial charge in [-0.1, -0.05) is 48.5 Å². The average molecular weight is 360 g/mol. The minimum Gasteiger partial charge on any atom is -0.321 e. The molecule has 2 N–H and O–H groups in total. The molecule has 25 heavy (non-hydrogen) atoms. The number of benzene rings is 3. The Balaban J connectivity index is 2.48. The maximum absolute atomic E-state index is 14.4. The lowest BCUT2D eigenvalue weighted by Gasteiger charge is -2.19. The molecule has 0 unspecified atom stereocenters. The van der Waals surface area contributed by atoms with Crippen molar-refractivity contribution in [3.8, 4) is 22.3 Å². The van der Waals surface area contributed by atoms with Crippen molar-refractivity contribution >= 4 is 12.9 Å². The molecule has 6 heteroatoms. The molecule has 0 saturated heterocycles. The van der Waals surface area contributed by atoms with Gasteiger partial charge in [-0.05, 0) is 30.2 Å². The fraction of sp³-hybridized carbons (Fsp3) is 0.0526. The highest BCUT2D eigenvalue weighted by atomic mass is 31.2. The molecule has 0 aliphatic carbocycles. The Labute approximate surface area is 143 Å². The predicted molar refractivity (Wildman–Crippen MR) is 93.6 cm³/mol. The second-order valence-electron chi connectivity index (χ2n) is 5.66. The molecule has 3 aromatic rings. The van der Waals surface area contributed by atoms with Crippen molar-refractivity contribution in [1.82, 2.24) is 0 Å². The minimum atomic E-state index is -4.73. The number of aryl methyl sites for hydroxylation is 1. The van der Waals surface area contributed by atoms with Crippen LogP contribution in [-0.2, 0) is 4.57 Å².